The standard InChI is InChI=1S/C19H18N2O3S/c1-3-24-16-8-4-13(5-9-16)12-17-18(22)21-19(25-17)20-14-6-10-15(23-2)11-7-14/h4-12H,3H2,1-2H3,(H,20,21,22)/b17-12-. The topological polar surface area (TPSA) is 59.9 Å². The molecule has 3 rings (SSSR count). The number of methoxy groups -OCH3 is 1. The molecule has 1 saturated heterocycles. The van der Waals surface area contributed by atoms with Gasteiger partial charge in [-0.1, -0.05) is 12.1 Å². The fourth-order valence-electron chi connectivity index (χ4n) is 2.23. The summed E-state index contributed by atoms with van der Waals surface area (Å²) < 4.78 is 10.5. The van der Waals surface area contributed by atoms with Gasteiger partial charge in [0.25, 0.3) is 5.91 Å². The highest BCUT2D eigenvalue weighted by Crippen LogP contribution is 2.29. The number of amidine groups is 1. The number of aliphatic imine (C=N–C) groups is 1. The third-order valence-corrected chi connectivity index (χ3v) is 4.35. The molecule has 0 bridgehead atoms. The smallest absolute Gasteiger partial charge is 0.264 e. The lowest BCUT2D eigenvalue weighted by Gasteiger charge is -2.02. The van der Waals surface area contributed by atoms with Gasteiger partial charge in [0.2, 0.25) is 0 Å². The van der Waals surface area contributed by atoms with E-state index >= 15 is 0 Å². The van der Waals surface area contributed by atoms with E-state index in [-0.39, 0.29) is 5.91 Å². The van der Waals surface area contributed by atoms with Crippen LogP contribution in [0.25, 0.3) is 6.08 Å². The van der Waals surface area contributed by atoms with E-state index in [1.165, 1.54) is 11.8 Å². The molecule has 1 N–H and O–H groups in total. The van der Waals surface area contributed by atoms with Crippen LogP contribution in [0.2, 0.25) is 0 Å². The Morgan fingerprint density at radius 2 is 1.76 bits per heavy atom. The number of hydrogen-bond donors (Lipinski definition) is 1. The summed E-state index contributed by atoms with van der Waals surface area (Å²) in [5.74, 6) is 1.43. The van der Waals surface area contributed by atoms with Gasteiger partial charge in [0, 0.05) is 0 Å². The number of amides is 1. The molecule has 0 unspecified atom stereocenters. The molecule has 6 heteroatoms. The van der Waals surface area contributed by atoms with Crippen LogP contribution >= 0.6 is 11.8 Å². The molecule has 2 aromatic carbocycles. The minimum absolute atomic E-state index is 0.147. The van der Waals surface area contributed by atoms with Crippen LogP contribution < -0.4 is 14.8 Å². The Morgan fingerprint density at radius 3 is 2.40 bits per heavy atom. The predicted molar refractivity (Wildman–Crippen MR) is 101 cm³/mol. The summed E-state index contributed by atoms with van der Waals surface area (Å²) in [7, 11) is 1.62. The normalized spacial score (nSPS) is 17.0. The first-order chi connectivity index (χ1) is 12.2. The molecular weight excluding hydrogens is 336 g/mol. The van der Waals surface area contributed by atoms with Crippen molar-refractivity contribution in [3.8, 4) is 11.5 Å². The fourth-order valence-corrected chi connectivity index (χ4v) is 3.07. The van der Waals surface area contributed by atoms with Gasteiger partial charge in [0.15, 0.2) is 5.17 Å². The van der Waals surface area contributed by atoms with Gasteiger partial charge in [-0.2, -0.15) is 0 Å². The van der Waals surface area contributed by atoms with Gasteiger partial charge in [-0.15, -0.1) is 0 Å². The van der Waals surface area contributed by atoms with Gasteiger partial charge in [0.05, 0.1) is 24.3 Å². The van der Waals surface area contributed by atoms with Crippen molar-refractivity contribution in [2.24, 2.45) is 4.99 Å². The van der Waals surface area contributed by atoms with Crippen molar-refractivity contribution in [2.45, 2.75) is 6.92 Å². The van der Waals surface area contributed by atoms with E-state index in [0.717, 1.165) is 22.7 Å². The largest absolute Gasteiger partial charge is 0.497 e. The maximum atomic E-state index is 12.1. The van der Waals surface area contributed by atoms with Crippen LogP contribution in [0.4, 0.5) is 5.69 Å². The summed E-state index contributed by atoms with van der Waals surface area (Å²) in [6, 6.07) is 15.0. The number of ether oxygens (including phenoxy) is 2. The van der Waals surface area contributed by atoms with Gasteiger partial charge >= 0.3 is 0 Å². The number of thioether (sulfide) groups is 1. The van der Waals surface area contributed by atoms with E-state index in [2.05, 4.69) is 10.3 Å². The number of carbonyl (C=O) groups is 1. The molecule has 0 atom stereocenters. The van der Waals surface area contributed by atoms with Crippen molar-refractivity contribution in [3.05, 3.63) is 59.0 Å². The van der Waals surface area contributed by atoms with Crippen LogP contribution in [0.3, 0.4) is 0 Å². The van der Waals surface area contributed by atoms with Gasteiger partial charge in [-0.25, -0.2) is 4.99 Å². The third kappa shape index (κ3) is 4.42. The Morgan fingerprint density at radius 1 is 1.08 bits per heavy atom. The molecule has 0 spiro atoms. The zero-order chi connectivity index (χ0) is 17.6. The number of nitrogens with one attached hydrogen (secondary N) is 1. The molecule has 0 aliphatic carbocycles. The first-order valence-corrected chi connectivity index (χ1v) is 8.66. The molecule has 1 fully saturated rings. The molecule has 0 saturated carbocycles. The molecule has 0 radical (unpaired) electrons. The minimum atomic E-state index is -0.147. The van der Waals surface area contributed by atoms with Gasteiger partial charge in [0.1, 0.15) is 11.5 Å². The van der Waals surface area contributed by atoms with Crippen LogP contribution in [0.5, 0.6) is 11.5 Å². The summed E-state index contributed by atoms with van der Waals surface area (Å²) in [4.78, 5) is 17.2. The summed E-state index contributed by atoms with van der Waals surface area (Å²) >= 11 is 1.32. The molecule has 1 amide bonds. The second-order valence-corrected chi connectivity index (χ2v) is 6.21. The molecule has 128 valence electrons. The number of hydrogen-bond acceptors (Lipinski definition) is 5. The number of benzene rings is 2. The molecule has 1 aliphatic heterocycles. The number of carbonyl (C=O) groups excluding carboxylic acids is 1. The second-order valence-electron chi connectivity index (χ2n) is 5.18. The van der Waals surface area contributed by atoms with E-state index in [1.807, 2.05) is 61.5 Å². The van der Waals surface area contributed by atoms with Crippen molar-refractivity contribution >= 4 is 34.6 Å². The van der Waals surface area contributed by atoms with E-state index < -0.39 is 0 Å². The first kappa shape index (κ1) is 17.1. The van der Waals surface area contributed by atoms with Crippen molar-refractivity contribution in [1.82, 2.24) is 5.32 Å². The quantitative estimate of drug-likeness (QED) is 0.825. The Hall–Kier alpha value is -2.73. The molecule has 0 aromatic heterocycles. The summed E-state index contributed by atoms with van der Waals surface area (Å²) in [5.41, 5.74) is 1.69. The van der Waals surface area contributed by atoms with Crippen molar-refractivity contribution in [2.75, 3.05) is 13.7 Å². The molecule has 1 heterocycles. The van der Waals surface area contributed by atoms with E-state index in [9.17, 15) is 4.79 Å². The number of rotatable bonds is 5. The molecular formula is C19H18N2O3S. The monoisotopic (exact) mass is 354 g/mol. The lowest BCUT2D eigenvalue weighted by molar-refractivity contribution is -0.115. The predicted octanol–water partition coefficient (Wildman–Crippen LogP) is 3.99. The minimum Gasteiger partial charge on any atom is -0.497 e. The Bertz CT molecular complexity index is 812. The zero-order valence-corrected chi connectivity index (χ0v) is 14.8. The highest BCUT2D eigenvalue weighted by atomic mass is 32.2. The van der Waals surface area contributed by atoms with Gasteiger partial charge in [-0.05, 0) is 66.7 Å². The summed E-state index contributed by atoms with van der Waals surface area (Å²) in [6.07, 6.45) is 1.84. The van der Waals surface area contributed by atoms with Crippen molar-refractivity contribution in [1.29, 1.82) is 0 Å². The second kappa shape index (κ2) is 7.90. The lowest BCUT2D eigenvalue weighted by Crippen LogP contribution is -2.19. The average molecular weight is 354 g/mol. The van der Waals surface area contributed by atoms with Gasteiger partial charge in [-0.3, -0.25) is 4.79 Å². The highest BCUT2D eigenvalue weighted by Gasteiger charge is 2.23. The zero-order valence-electron chi connectivity index (χ0n) is 14.0. The van der Waals surface area contributed by atoms with Crippen LogP contribution in [0.15, 0.2) is 58.4 Å². The van der Waals surface area contributed by atoms with E-state index in [0.29, 0.717) is 16.7 Å². The van der Waals surface area contributed by atoms with Gasteiger partial charge < -0.3 is 14.8 Å². The van der Waals surface area contributed by atoms with Crippen molar-refractivity contribution < 1.29 is 14.3 Å². The van der Waals surface area contributed by atoms with Crippen LogP contribution in [0, 0.1) is 0 Å². The third-order valence-electron chi connectivity index (χ3n) is 3.44. The Balaban J connectivity index is 1.73. The molecule has 2 aromatic rings. The Kier molecular flexibility index (Phi) is 5.40. The van der Waals surface area contributed by atoms with E-state index in [1.54, 1.807) is 7.11 Å². The summed E-state index contributed by atoms with van der Waals surface area (Å²) in [6.45, 7) is 2.57. The molecule has 1 aliphatic rings. The maximum Gasteiger partial charge on any atom is 0.264 e. The van der Waals surface area contributed by atoms with E-state index in [4.69, 9.17) is 9.47 Å². The maximum absolute atomic E-state index is 12.1. The molecule has 5 nitrogen and oxygen atoms in total. The fraction of sp³-hybridized carbons (Fsp3) is 0.158. The summed E-state index contributed by atoms with van der Waals surface area (Å²) in [5, 5.41) is 3.35. The van der Waals surface area contributed by atoms with Crippen molar-refractivity contribution in [3.63, 3.8) is 0 Å². The van der Waals surface area contributed by atoms with Crippen LogP contribution in [-0.2, 0) is 4.79 Å². The highest BCUT2D eigenvalue weighted by molar-refractivity contribution is 8.18. The van der Waals surface area contributed by atoms with Crippen LogP contribution in [0.1, 0.15) is 12.5 Å². The lowest BCUT2D eigenvalue weighted by atomic mass is 10.2. The molecule has 25 heavy (non-hydrogen) atoms. The van der Waals surface area contributed by atoms with Crippen LogP contribution in [-0.4, -0.2) is 24.8 Å². The number of nitrogens with zero attached hydrogens (tertiary/aromatic N) is 1. The SMILES string of the molecule is CCOc1ccc(/C=C2\SC(=Nc3ccc(OC)cc3)NC2=O)cc1. The first-order valence-electron chi connectivity index (χ1n) is 7.84. The Labute approximate surface area is 150 Å². The average Bonchev–Trinajstić information content (AvgIpc) is 2.96.